The molecule has 7 heteroatoms. The van der Waals surface area contributed by atoms with E-state index in [1.807, 2.05) is 0 Å². The average molecular weight is 348 g/mol. The first-order valence-electron chi connectivity index (χ1n) is 2.38. The Kier molecular flexibility index (Phi) is 29.7. The molecule has 0 aliphatic heterocycles. The third kappa shape index (κ3) is 388. The zero-order valence-corrected chi connectivity index (χ0v) is 13.0. The summed E-state index contributed by atoms with van der Waals surface area (Å²) >= 11 is -0.826. The average Bonchev–Trinajstić information content (AvgIpc) is 1.60. The molecule has 11 heavy (non-hydrogen) atoms. The molecule has 0 fully saturated rings. The third-order valence-corrected chi connectivity index (χ3v) is 0. The van der Waals surface area contributed by atoms with Gasteiger partial charge in [-0.05, 0) is 0 Å². The van der Waals surface area contributed by atoms with E-state index in [1.54, 1.807) is 25.0 Å². The minimum atomic E-state index is -0.826. The molecule has 0 unspecified atom stereocenters. The Balaban J connectivity index is -0.0000000886. The van der Waals surface area contributed by atoms with E-state index in [0.717, 1.165) is 0 Å². The van der Waals surface area contributed by atoms with Crippen LogP contribution in [0.15, 0.2) is 0 Å². The van der Waals surface area contributed by atoms with Crippen molar-refractivity contribution in [3.05, 3.63) is 0 Å². The first-order chi connectivity index (χ1) is 4.88. The van der Waals surface area contributed by atoms with Crippen molar-refractivity contribution >= 4 is 58.3 Å². The summed E-state index contributed by atoms with van der Waals surface area (Å²) in [5.74, 6) is 0. The van der Waals surface area contributed by atoms with Crippen molar-refractivity contribution < 1.29 is 8.42 Å². The molecule has 0 aromatic rings. The van der Waals surface area contributed by atoms with Gasteiger partial charge in [0.25, 0.3) is 0 Å². The van der Waals surface area contributed by atoms with Crippen LogP contribution in [-0.2, 0) is 21.6 Å². The number of hydrogen-bond donors (Lipinski definition) is 0. The van der Waals surface area contributed by atoms with Crippen LogP contribution < -0.4 is 0 Å². The summed E-state index contributed by atoms with van der Waals surface area (Å²) in [5, 5.41) is 0. The van der Waals surface area contributed by atoms with Gasteiger partial charge in [0.05, 0.1) is 25.0 Å². The van der Waals surface area contributed by atoms with E-state index < -0.39 is 18.9 Å². The molecule has 2 N–H and O–H groups in total. The van der Waals surface area contributed by atoms with E-state index in [9.17, 15) is 0 Å². The predicted molar refractivity (Wildman–Crippen MR) is 59.8 cm³/mol. The molecule has 0 atom stereocenters. The van der Waals surface area contributed by atoms with Crippen molar-refractivity contribution in [1.29, 1.82) is 0 Å². The predicted octanol–water partition coefficient (Wildman–Crippen LogP) is 1.30. The molecule has 0 saturated carbocycles. The summed E-state index contributed by atoms with van der Waals surface area (Å²) in [6, 6.07) is 0. The fourth-order valence-electron chi connectivity index (χ4n) is 0. The van der Waals surface area contributed by atoms with Crippen molar-refractivity contribution in [3.8, 4) is 0 Å². The number of rotatable bonds is 0. The van der Waals surface area contributed by atoms with Crippen LogP contribution in [0.4, 0.5) is 0 Å². The monoisotopic (exact) mass is 348 g/mol. The standard InChI is InChI=1S/2C2H6OS.2ClH.Sn/c2*1-4(2)3;;;/h2*1-2H3;2*1H;/q;;;;+2. The van der Waals surface area contributed by atoms with Gasteiger partial charge in [-0.2, -0.15) is 0 Å². The molecule has 0 spiro atoms. The van der Waals surface area contributed by atoms with Gasteiger partial charge in [-0.1, -0.05) is 0 Å². The van der Waals surface area contributed by atoms with E-state index in [0.29, 0.717) is 0 Å². The van der Waals surface area contributed by atoms with Crippen molar-refractivity contribution in [2.75, 3.05) is 25.0 Å². The van der Waals surface area contributed by atoms with Gasteiger partial charge in [0.2, 0.25) is 0 Å². The van der Waals surface area contributed by atoms with Gasteiger partial charge in [-0.3, -0.25) is 8.42 Å². The minimum absolute atomic E-state index is 0.361. The maximum atomic E-state index is 8.08. The first kappa shape index (κ1) is 18.5. The molecular weight excluding hydrogens is 334 g/mol. The second-order valence-corrected chi connectivity index (χ2v) is 8.95. The Morgan fingerprint density at radius 2 is 0.909 bits per heavy atom. The number of halogens is 2. The van der Waals surface area contributed by atoms with E-state index in [-0.39, 0.29) is 21.6 Å². The normalized spacial score (nSPS) is 8.00. The zero-order chi connectivity index (χ0) is 9.86. The molecule has 0 aliphatic rings. The van der Waals surface area contributed by atoms with Crippen molar-refractivity contribution in [2.45, 2.75) is 0 Å². The van der Waals surface area contributed by atoms with Gasteiger partial charge in [-0.25, -0.2) is 0 Å². The molecule has 0 heterocycles. The molecule has 0 aromatic heterocycles. The summed E-state index contributed by atoms with van der Waals surface area (Å²) in [4.78, 5) is 0. The van der Waals surface area contributed by atoms with E-state index in [4.69, 9.17) is 26.3 Å². The van der Waals surface area contributed by atoms with Crippen LogP contribution in [0.3, 0.4) is 0 Å². The molecule has 0 aliphatic carbocycles. The van der Waals surface area contributed by atoms with Crippen LogP contribution in [0.2, 0.25) is 0 Å². The van der Waals surface area contributed by atoms with Gasteiger partial charge in [0.15, 0.2) is 21.6 Å². The van der Waals surface area contributed by atoms with Gasteiger partial charge >= 0.3 is 36.7 Å². The molecule has 0 aromatic carbocycles. The van der Waals surface area contributed by atoms with Gasteiger partial charge in [-0.15, -0.1) is 0 Å². The maximum absolute atomic E-state index is 8.08. The quantitative estimate of drug-likeness (QED) is 0.468. The SMILES string of the molecule is CS(C)=[OH+].CS(C)=[OH+].[Cl][Sn][Cl]. The summed E-state index contributed by atoms with van der Waals surface area (Å²) in [7, 11) is 9.15. The fraction of sp³-hybridized carbons (Fsp3) is 1.00. The Hall–Kier alpha value is 1.68. The molecule has 0 amide bonds. The van der Waals surface area contributed by atoms with E-state index in [1.165, 1.54) is 0 Å². The fourth-order valence-corrected chi connectivity index (χ4v) is 0. The third-order valence-electron chi connectivity index (χ3n) is 0. The Morgan fingerprint density at radius 1 is 0.909 bits per heavy atom. The van der Waals surface area contributed by atoms with Crippen LogP contribution in [0.25, 0.3) is 0 Å². The summed E-state index contributed by atoms with van der Waals surface area (Å²) in [5.41, 5.74) is 0. The molecule has 2 nitrogen and oxygen atoms in total. The zero-order valence-electron chi connectivity index (χ0n) is 6.97. The molecule has 0 bridgehead atoms. The Morgan fingerprint density at radius 3 is 0.909 bits per heavy atom. The summed E-state index contributed by atoms with van der Waals surface area (Å²) in [6.45, 7) is 0. The Labute approximate surface area is 91.0 Å². The number of hydrogen-bond acceptors (Lipinski definition) is 0. The molecule has 0 rings (SSSR count). The second-order valence-electron chi connectivity index (χ2n) is 1.62. The first-order valence-corrected chi connectivity index (χ1v) is 13.6. The molecule has 0 saturated heterocycles. The van der Waals surface area contributed by atoms with Crippen molar-refractivity contribution in [1.82, 2.24) is 0 Å². The van der Waals surface area contributed by atoms with Crippen LogP contribution in [0, 0.1) is 0 Å². The molecular formula is C4H14Cl2O2S2Sn+2. The van der Waals surface area contributed by atoms with Crippen molar-refractivity contribution in [2.24, 2.45) is 0 Å². The van der Waals surface area contributed by atoms with Crippen LogP contribution >= 0.6 is 17.8 Å². The molecule has 70 valence electrons. The topological polar surface area (TPSA) is 42.8 Å². The Bertz CT molecular complexity index is 92.3. The van der Waals surface area contributed by atoms with Crippen LogP contribution in [-0.4, -0.2) is 52.3 Å². The van der Waals surface area contributed by atoms with Gasteiger partial charge in [0, 0.05) is 0 Å². The van der Waals surface area contributed by atoms with E-state index >= 15 is 0 Å². The van der Waals surface area contributed by atoms with Crippen molar-refractivity contribution in [3.63, 3.8) is 0 Å². The van der Waals surface area contributed by atoms with Crippen LogP contribution in [0.5, 0.6) is 0 Å². The van der Waals surface area contributed by atoms with Gasteiger partial charge in [0.1, 0.15) is 0 Å². The summed E-state index contributed by atoms with van der Waals surface area (Å²) in [6.07, 6.45) is 7.00. The molecule has 2 radical (unpaired) electrons. The summed E-state index contributed by atoms with van der Waals surface area (Å²) < 4.78 is 16.2. The van der Waals surface area contributed by atoms with Crippen LogP contribution in [0.1, 0.15) is 0 Å². The second kappa shape index (κ2) is 17.7. The van der Waals surface area contributed by atoms with Gasteiger partial charge < -0.3 is 0 Å². The van der Waals surface area contributed by atoms with E-state index in [2.05, 4.69) is 0 Å².